The molecule has 0 spiro atoms. The summed E-state index contributed by atoms with van der Waals surface area (Å²) in [5, 5.41) is 0. The molecule has 104 valence electrons. The normalized spacial score (nSPS) is 14.8. The van der Waals surface area contributed by atoms with Crippen LogP contribution >= 0.6 is 0 Å². The molecule has 0 saturated carbocycles. The van der Waals surface area contributed by atoms with Gasteiger partial charge in [-0.25, -0.2) is 0 Å². The predicted molar refractivity (Wildman–Crippen MR) is 74.6 cm³/mol. The molecule has 1 aliphatic heterocycles. The van der Waals surface area contributed by atoms with Crippen LogP contribution in [0.15, 0.2) is 18.2 Å². The standard InChI is InChI=1S/C16H22O3/c1-12(11-18-2)9-15(17)5-3-13-4-6-16-14(10-13)7-8-19-16/h4,6,10,12H,3,5,7-9,11H2,1-2H3. The van der Waals surface area contributed by atoms with E-state index in [1.54, 1.807) is 7.11 Å². The van der Waals surface area contributed by atoms with E-state index in [1.165, 1.54) is 11.1 Å². The summed E-state index contributed by atoms with van der Waals surface area (Å²) in [4.78, 5) is 11.9. The van der Waals surface area contributed by atoms with Crippen molar-refractivity contribution in [1.29, 1.82) is 0 Å². The average Bonchev–Trinajstić information content (AvgIpc) is 2.83. The van der Waals surface area contributed by atoms with Crippen LogP contribution in [0.3, 0.4) is 0 Å². The van der Waals surface area contributed by atoms with Crippen molar-refractivity contribution >= 4 is 5.78 Å². The quantitative estimate of drug-likeness (QED) is 0.758. The van der Waals surface area contributed by atoms with E-state index in [0.29, 0.717) is 31.1 Å². The molecule has 1 aromatic carbocycles. The lowest BCUT2D eigenvalue weighted by Gasteiger charge is -2.09. The molecule has 0 N–H and O–H groups in total. The molecule has 1 unspecified atom stereocenters. The fourth-order valence-electron chi connectivity index (χ4n) is 2.51. The van der Waals surface area contributed by atoms with E-state index in [0.717, 1.165) is 25.2 Å². The van der Waals surface area contributed by atoms with Crippen LogP contribution in [0.5, 0.6) is 5.75 Å². The number of fused-ring (bicyclic) bond motifs is 1. The molecular formula is C16H22O3. The van der Waals surface area contributed by atoms with Gasteiger partial charge in [-0.15, -0.1) is 0 Å². The van der Waals surface area contributed by atoms with Crippen molar-refractivity contribution in [2.75, 3.05) is 20.3 Å². The number of ether oxygens (including phenoxy) is 2. The second kappa shape index (κ2) is 6.71. The van der Waals surface area contributed by atoms with E-state index in [9.17, 15) is 4.79 Å². The zero-order chi connectivity index (χ0) is 13.7. The molecule has 1 heterocycles. The van der Waals surface area contributed by atoms with Crippen molar-refractivity contribution in [2.45, 2.75) is 32.6 Å². The fraction of sp³-hybridized carbons (Fsp3) is 0.562. The minimum Gasteiger partial charge on any atom is -0.493 e. The SMILES string of the molecule is COCC(C)CC(=O)CCc1ccc2c(c1)CCO2. The van der Waals surface area contributed by atoms with Gasteiger partial charge in [-0.3, -0.25) is 4.79 Å². The molecule has 1 aromatic rings. The Morgan fingerprint density at radius 1 is 1.47 bits per heavy atom. The van der Waals surface area contributed by atoms with Gasteiger partial charge >= 0.3 is 0 Å². The van der Waals surface area contributed by atoms with E-state index in [2.05, 4.69) is 12.1 Å². The smallest absolute Gasteiger partial charge is 0.133 e. The highest BCUT2D eigenvalue weighted by Gasteiger charge is 2.13. The number of methoxy groups -OCH3 is 1. The van der Waals surface area contributed by atoms with E-state index in [-0.39, 0.29) is 0 Å². The van der Waals surface area contributed by atoms with Gasteiger partial charge in [-0.1, -0.05) is 19.1 Å². The first-order valence-electron chi connectivity index (χ1n) is 6.94. The van der Waals surface area contributed by atoms with Crippen LogP contribution in [0.2, 0.25) is 0 Å². The second-order valence-electron chi connectivity index (χ2n) is 5.34. The van der Waals surface area contributed by atoms with E-state index < -0.39 is 0 Å². The molecule has 0 bridgehead atoms. The van der Waals surface area contributed by atoms with Crippen molar-refractivity contribution in [3.8, 4) is 5.75 Å². The van der Waals surface area contributed by atoms with Crippen LogP contribution in [0.25, 0.3) is 0 Å². The zero-order valence-electron chi connectivity index (χ0n) is 11.8. The maximum atomic E-state index is 11.9. The molecular weight excluding hydrogens is 240 g/mol. The Bertz CT molecular complexity index is 440. The van der Waals surface area contributed by atoms with Gasteiger partial charge in [-0.05, 0) is 29.5 Å². The van der Waals surface area contributed by atoms with E-state index in [1.807, 2.05) is 13.0 Å². The highest BCUT2D eigenvalue weighted by atomic mass is 16.5. The number of hydrogen-bond acceptors (Lipinski definition) is 3. The largest absolute Gasteiger partial charge is 0.493 e. The highest BCUT2D eigenvalue weighted by Crippen LogP contribution is 2.26. The third-order valence-electron chi connectivity index (χ3n) is 3.47. The zero-order valence-corrected chi connectivity index (χ0v) is 11.8. The maximum Gasteiger partial charge on any atom is 0.133 e. The summed E-state index contributed by atoms with van der Waals surface area (Å²) in [6.45, 7) is 3.49. The van der Waals surface area contributed by atoms with Gasteiger partial charge in [0.1, 0.15) is 11.5 Å². The van der Waals surface area contributed by atoms with Crippen molar-refractivity contribution in [3.63, 3.8) is 0 Å². The summed E-state index contributed by atoms with van der Waals surface area (Å²) in [6, 6.07) is 6.26. The van der Waals surface area contributed by atoms with E-state index in [4.69, 9.17) is 9.47 Å². The fourth-order valence-corrected chi connectivity index (χ4v) is 2.51. The third-order valence-corrected chi connectivity index (χ3v) is 3.47. The van der Waals surface area contributed by atoms with Gasteiger partial charge in [0.05, 0.1) is 6.61 Å². The molecule has 0 amide bonds. The number of Topliss-reactive ketones (excluding diaryl/α,β-unsaturated/α-hetero) is 1. The first-order valence-corrected chi connectivity index (χ1v) is 6.94. The molecule has 2 rings (SSSR count). The summed E-state index contributed by atoms with van der Waals surface area (Å²) in [5.74, 6) is 1.64. The van der Waals surface area contributed by atoms with Crippen LogP contribution < -0.4 is 4.74 Å². The maximum absolute atomic E-state index is 11.9. The van der Waals surface area contributed by atoms with Gasteiger partial charge in [0.25, 0.3) is 0 Å². The Hall–Kier alpha value is -1.35. The Morgan fingerprint density at radius 2 is 2.32 bits per heavy atom. The summed E-state index contributed by atoms with van der Waals surface area (Å²) in [6.07, 6.45) is 3.05. The second-order valence-corrected chi connectivity index (χ2v) is 5.34. The van der Waals surface area contributed by atoms with Gasteiger partial charge in [0.2, 0.25) is 0 Å². The van der Waals surface area contributed by atoms with Crippen LogP contribution in [0.1, 0.15) is 30.9 Å². The van der Waals surface area contributed by atoms with Crippen LogP contribution in [-0.2, 0) is 22.4 Å². The summed E-state index contributed by atoms with van der Waals surface area (Å²) in [5.41, 5.74) is 2.51. The highest BCUT2D eigenvalue weighted by molar-refractivity contribution is 5.78. The molecule has 0 saturated heterocycles. The number of ketones is 1. The number of aryl methyl sites for hydroxylation is 1. The molecule has 3 heteroatoms. The van der Waals surface area contributed by atoms with Gasteiger partial charge in [0.15, 0.2) is 0 Å². The Labute approximate surface area is 114 Å². The van der Waals surface area contributed by atoms with Crippen molar-refractivity contribution in [2.24, 2.45) is 5.92 Å². The van der Waals surface area contributed by atoms with Gasteiger partial charge in [0, 0.05) is 33.0 Å². The molecule has 0 radical (unpaired) electrons. The Morgan fingerprint density at radius 3 is 3.11 bits per heavy atom. The first kappa shape index (κ1) is 14.1. The van der Waals surface area contributed by atoms with Crippen LogP contribution in [0, 0.1) is 5.92 Å². The molecule has 3 nitrogen and oxygen atoms in total. The van der Waals surface area contributed by atoms with Crippen molar-refractivity contribution < 1.29 is 14.3 Å². The minimum atomic E-state index is 0.311. The number of benzene rings is 1. The minimum absolute atomic E-state index is 0.311. The van der Waals surface area contributed by atoms with Gasteiger partial charge < -0.3 is 9.47 Å². The van der Waals surface area contributed by atoms with Crippen molar-refractivity contribution in [3.05, 3.63) is 29.3 Å². The Kier molecular flexibility index (Phi) is 4.97. The summed E-state index contributed by atoms with van der Waals surface area (Å²) in [7, 11) is 1.67. The molecule has 1 atom stereocenters. The van der Waals surface area contributed by atoms with Crippen molar-refractivity contribution in [1.82, 2.24) is 0 Å². The average molecular weight is 262 g/mol. The predicted octanol–water partition coefficient (Wildman–Crippen LogP) is 2.80. The first-order chi connectivity index (χ1) is 9.19. The molecule has 1 aliphatic rings. The number of carbonyl (C=O) groups excluding carboxylic acids is 1. The topological polar surface area (TPSA) is 35.5 Å². The van der Waals surface area contributed by atoms with Crippen LogP contribution in [0.4, 0.5) is 0 Å². The summed E-state index contributed by atoms with van der Waals surface area (Å²) >= 11 is 0. The van der Waals surface area contributed by atoms with Crippen LogP contribution in [-0.4, -0.2) is 26.1 Å². The number of carbonyl (C=O) groups is 1. The lowest BCUT2D eigenvalue weighted by atomic mass is 9.99. The number of hydrogen-bond donors (Lipinski definition) is 0. The molecule has 0 fully saturated rings. The monoisotopic (exact) mass is 262 g/mol. The molecule has 0 aromatic heterocycles. The van der Waals surface area contributed by atoms with Gasteiger partial charge in [-0.2, -0.15) is 0 Å². The lowest BCUT2D eigenvalue weighted by Crippen LogP contribution is -2.11. The Balaban J connectivity index is 1.80. The summed E-state index contributed by atoms with van der Waals surface area (Å²) < 4.78 is 10.5. The van der Waals surface area contributed by atoms with E-state index >= 15 is 0 Å². The lowest BCUT2D eigenvalue weighted by molar-refractivity contribution is -0.120. The third kappa shape index (κ3) is 4.06. The molecule has 0 aliphatic carbocycles. The number of rotatable bonds is 7. The molecule has 19 heavy (non-hydrogen) atoms.